The molecule has 18 heavy (non-hydrogen) atoms. The number of nitrogens with zero attached hydrogens (tertiary/aromatic N) is 1. The predicted molar refractivity (Wildman–Crippen MR) is 77.3 cm³/mol. The zero-order chi connectivity index (χ0) is 13.1. The standard InChI is InChI=1S/C16H25NO/c1-12(2)15-9-6-7-13(3)16(15)17-10-5-4-8-14(17)11-18/h6-7,9,12,14,18H,4-5,8,10-11H2,1-3H3. The van der Waals surface area contributed by atoms with Crippen molar-refractivity contribution in [2.24, 2.45) is 0 Å². The van der Waals surface area contributed by atoms with Gasteiger partial charge in [-0.25, -0.2) is 0 Å². The summed E-state index contributed by atoms with van der Waals surface area (Å²) in [6.45, 7) is 8.03. The van der Waals surface area contributed by atoms with Crippen LogP contribution in [0.4, 0.5) is 5.69 Å². The van der Waals surface area contributed by atoms with Crippen LogP contribution in [0.2, 0.25) is 0 Å². The van der Waals surface area contributed by atoms with Crippen LogP contribution in [0.25, 0.3) is 0 Å². The van der Waals surface area contributed by atoms with Crippen LogP contribution in [0, 0.1) is 6.92 Å². The van der Waals surface area contributed by atoms with Crippen molar-refractivity contribution in [3.8, 4) is 0 Å². The van der Waals surface area contributed by atoms with Crippen molar-refractivity contribution in [1.29, 1.82) is 0 Å². The van der Waals surface area contributed by atoms with Crippen LogP contribution in [-0.2, 0) is 0 Å². The maximum absolute atomic E-state index is 9.60. The largest absolute Gasteiger partial charge is 0.394 e. The quantitative estimate of drug-likeness (QED) is 0.884. The molecule has 0 radical (unpaired) electrons. The number of para-hydroxylation sites is 1. The molecule has 1 saturated heterocycles. The van der Waals surface area contributed by atoms with E-state index in [9.17, 15) is 5.11 Å². The van der Waals surface area contributed by atoms with Gasteiger partial charge < -0.3 is 10.0 Å². The van der Waals surface area contributed by atoms with Gasteiger partial charge in [0.25, 0.3) is 0 Å². The smallest absolute Gasteiger partial charge is 0.0635 e. The average Bonchev–Trinajstić information content (AvgIpc) is 2.38. The maximum Gasteiger partial charge on any atom is 0.0635 e. The van der Waals surface area contributed by atoms with Crippen molar-refractivity contribution in [2.45, 2.75) is 52.0 Å². The van der Waals surface area contributed by atoms with Crippen molar-refractivity contribution in [3.63, 3.8) is 0 Å². The Morgan fingerprint density at radius 3 is 2.78 bits per heavy atom. The zero-order valence-corrected chi connectivity index (χ0v) is 11.8. The lowest BCUT2D eigenvalue weighted by Gasteiger charge is -2.39. The Bertz CT molecular complexity index is 400. The average molecular weight is 247 g/mol. The van der Waals surface area contributed by atoms with Crippen LogP contribution in [0.3, 0.4) is 0 Å². The second-order valence-corrected chi connectivity index (χ2v) is 5.69. The van der Waals surface area contributed by atoms with E-state index in [-0.39, 0.29) is 6.61 Å². The maximum atomic E-state index is 9.60. The highest BCUT2D eigenvalue weighted by Crippen LogP contribution is 2.34. The Kier molecular flexibility index (Phi) is 4.28. The van der Waals surface area contributed by atoms with Crippen molar-refractivity contribution in [2.75, 3.05) is 18.1 Å². The SMILES string of the molecule is Cc1cccc(C(C)C)c1N1CCCCC1CO. The molecular weight excluding hydrogens is 222 g/mol. The zero-order valence-electron chi connectivity index (χ0n) is 11.8. The molecule has 0 spiro atoms. The Labute approximate surface area is 111 Å². The van der Waals surface area contributed by atoms with Gasteiger partial charge in [-0.1, -0.05) is 32.0 Å². The van der Waals surface area contributed by atoms with Gasteiger partial charge in [0.2, 0.25) is 0 Å². The number of aliphatic hydroxyl groups excluding tert-OH is 1. The Morgan fingerprint density at radius 1 is 1.33 bits per heavy atom. The highest BCUT2D eigenvalue weighted by Gasteiger charge is 2.25. The van der Waals surface area contributed by atoms with E-state index in [0.717, 1.165) is 13.0 Å². The molecule has 1 fully saturated rings. The molecule has 1 N–H and O–H groups in total. The second kappa shape index (κ2) is 5.75. The van der Waals surface area contributed by atoms with Crippen molar-refractivity contribution >= 4 is 5.69 Å². The van der Waals surface area contributed by atoms with E-state index in [2.05, 4.69) is 43.9 Å². The summed E-state index contributed by atoms with van der Waals surface area (Å²) in [5.41, 5.74) is 4.11. The van der Waals surface area contributed by atoms with Gasteiger partial charge in [0, 0.05) is 12.2 Å². The van der Waals surface area contributed by atoms with Crippen LogP contribution < -0.4 is 4.90 Å². The van der Waals surface area contributed by atoms with Gasteiger partial charge >= 0.3 is 0 Å². The first-order valence-electron chi connectivity index (χ1n) is 7.12. The minimum absolute atomic E-state index is 0.270. The van der Waals surface area contributed by atoms with Gasteiger partial charge in [0.15, 0.2) is 0 Å². The summed E-state index contributed by atoms with van der Waals surface area (Å²) in [5, 5.41) is 9.60. The van der Waals surface area contributed by atoms with Crippen LogP contribution in [0.5, 0.6) is 0 Å². The van der Waals surface area contributed by atoms with Gasteiger partial charge in [-0.05, 0) is 43.2 Å². The van der Waals surface area contributed by atoms with Gasteiger partial charge in [-0.15, -0.1) is 0 Å². The molecule has 1 aromatic carbocycles. The lowest BCUT2D eigenvalue weighted by atomic mass is 9.94. The van der Waals surface area contributed by atoms with E-state index in [1.54, 1.807) is 0 Å². The minimum Gasteiger partial charge on any atom is -0.394 e. The molecule has 2 nitrogen and oxygen atoms in total. The molecule has 1 aliphatic rings. The van der Waals surface area contributed by atoms with Crippen LogP contribution in [0.15, 0.2) is 18.2 Å². The minimum atomic E-state index is 0.270. The summed E-state index contributed by atoms with van der Waals surface area (Å²) in [6, 6.07) is 6.86. The van der Waals surface area contributed by atoms with E-state index in [0.29, 0.717) is 12.0 Å². The Hall–Kier alpha value is -1.02. The number of aliphatic hydroxyl groups is 1. The van der Waals surface area contributed by atoms with Gasteiger partial charge in [0.1, 0.15) is 0 Å². The monoisotopic (exact) mass is 247 g/mol. The second-order valence-electron chi connectivity index (χ2n) is 5.69. The third kappa shape index (κ3) is 2.54. The summed E-state index contributed by atoms with van der Waals surface area (Å²) < 4.78 is 0. The molecule has 0 bridgehead atoms. The number of rotatable bonds is 3. The van der Waals surface area contributed by atoms with E-state index < -0.39 is 0 Å². The Morgan fingerprint density at radius 2 is 2.11 bits per heavy atom. The number of hydrogen-bond acceptors (Lipinski definition) is 2. The van der Waals surface area contributed by atoms with Crippen molar-refractivity contribution in [3.05, 3.63) is 29.3 Å². The molecule has 0 aromatic heterocycles. The molecule has 100 valence electrons. The fraction of sp³-hybridized carbons (Fsp3) is 0.625. The molecular formula is C16H25NO. The van der Waals surface area contributed by atoms with Crippen LogP contribution in [-0.4, -0.2) is 24.3 Å². The van der Waals surface area contributed by atoms with E-state index in [1.165, 1.54) is 29.7 Å². The summed E-state index contributed by atoms with van der Waals surface area (Å²) in [4.78, 5) is 2.44. The molecule has 0 amide bonds. The fourth-order valence-corrected chi connectivity index (χ4v) is 3.02. The molecule has 2 heteroatoms. The van der Waals surface area contributed by atoms with Crippen molar-refractivity contribution in [1.82, 2.24) is 0 Å². The van der Waals surface area contributed by atoms with Crippen LogP contribution in [0.1, 0.15) is 50.2 Å². The normalized spacial score (nSPS) is 20.5. The number of benzene rings is 1. The lowest BCUT2D eigenvalue weighted by Crippen LogP contribution is -2.42. The lowest BCUT2D eigenvalue weighted by molar-refractivity contribution is 0.240. The third-order valence-electron chi connectivity index (χ3n) is 4.02. The topological polar surface area (TPSA) is 23.5 Å². The third-order valence-corrected chi connectivity index (χ3v) is 4.02. The Balaban J connectivity index is 2.41. The molecule has 0 saturated carbocycles. The molecule has 0 aliphatic carbocycles. The number of anilines is 1. The van der Waals surface area contributed by atoms with Gasteiger partial charge in [-0.3, -0.25) is 0 Å². The number of piperidine rings is 1. The van der Waals surface area contributed by atoms with E-state index >= 15 is 0 Å². The summed E-state index contributed by atoms with van der Waals surface area (Å²) in [5.74, 6) is 0.529. The molecule has 2 rings (SSSR count). The highest BCUT2D eigenvalue weighted by atomic mass is 16.3. The first kappa shape index (κ1) is 13.4. The summed E-state index contributed by atoms with van der Waals surface area (Å²) in [6.07, 6.45) is 3.59. The molecule has 1 aromatic rings. The molecule has 1 heterocycles. The molecule has 1 aliphatic heterocycles. The van der Waals surface area contributed by atoms with Crippen molar-refractivity contribution < 1.29 is 5.11 Å². The van der Waals surface area contributed by atoms with E-state index in [1.807, 2.05) is 0 Å². The number of hydrogen-bond donors (Lipinski definition) is 1. The molecule has 1 unspecified atom stereocenters. The first-order valence-corrected chi connectivity index (χ1v) is 7.12. The predicted octanol–water partition coefficient (Wildman–Crippen LogP) is 3.47. The van der Waals surface area contributed by atoms with Gasteiger partial charge in [0.05, 0.1) is 12.6 Å². The highest BCUT2D eigenvalue weighted by molar-refractivity contribution is 5.61. The number of aryl methyl sites for hydroxylation is 1. The van der Waals surface area contributed by atoms with E-state index in [4.69, 9.17) is 0 Å². The summed E-state index contributed by atoms with van der Waals surface area (Å²) >= 11 is 0. The summed E-state index contributed by atoms with van der Waals surface area (Å²) in [7, 11) is 0. The first-order chi connectivity index (χ1) is 8.65. The van der Waals surface area contributed by atoms with Crippen LogP contribution >= 0.6 is 0 Å². The molecule has 1 atom stereocenters. The van der Waals surface area contributed by atoms with Gasteiger partial charge in [-0.2, -0.15) is 0 Å². The fourth-order valence-electron chi connectivity index (χ4n) is 3.02.